The third-order valence-electron chi connectivity index (χ3n) is 3.89. The van der Waals surface area contributed by atoms with Crippen LogP contribution in [0.3, 0.4) is 0 Å². The summed E-state index contributed by atoms with van der Waals surface area (Å²) in [6.45, 7) is 6.81. The largest absolute Gasteiger partial charge is 0.378 e. The zero-order chi connectivity index (χ0) is 14.3. The number of aryl methyl sites for hydroxylation is 1. The number of fused-ring (bicyclic) bond motifs is 1. The predicted octanol–water partition coefficient (Wildman–Crippen LogP) is 3.78. The molecule has 0 amide bonds. The number of halogens is 1. The Balaban J connectivity index is 1.98. The highest BCUT2D eigenvalue weighted by molar-refractivity contribution is 6.20. The molecule has 1 aliphatic rings. The van der Waals surface area contributed by atoms with Gasteiger partial charge in [-0.05, 0) is 45.2 Å². The Kier molecular flexibility index (Phi) is 3.69. The number of aromatic nitrogens is 3. The van der Waals surface area contributed by atoms with Crippen LogP contribution in [0.2, 0.25) is 0 Å². The van der Waals surface area contributed by atoms with Crippen molar-refractivity contribution in [1.82, 2.24) is 14.5 Å². The van der Waals surface area contributed by atoms with Crippen LogP contribution >= 0.6 is 11.6 Å². The molecule has 1 atom stereocenters. The summed E-state index contributed by atoms with van der Waals surface area (Å²) in [6, 6.07) is 2.48. The van der Waals surface area contributed by atoms with Crippen LogP contribution in [0.4, 0.5) is 0 Å². The Bertz CT molecular complexity index is 617. The van der Waals surface area contributed by atoms with E-state index in [2.05, 4.69) is 20.6 Å². The molecule has 2 aromatic heterocycles. The second kappa shape index (κ2) is 5.34. The Labute approximate surface area is 124 Å². The SMILES string of the molecule is CCOC1CC(n2c(C(C)Cl)nc3cc(C)cnc32)C1. The Morgan fingerprint density at radius 1 is 1.50 bits per heavy atom. The van der Waals surface area contributed by atoms with Gasteiger partial charge in [-0.1, -0.05) is 0 Å². The average molecular weight is 294 g/mol. The van der Waals surface area contributed by atoms with Gasteiger partial charge >= 0.3 is 0 Å². The Hall–Kier alpha value is -1.13. The number of pyridine rings is 1. The predicted molar refractivity (Wildman–Crippen MR) is 80.2 cm³/mol. The Morgan fingerprint density at radius 2 is 2.25 bits per heavy atom. The molecule has 0 spiro atoms. The number of rotatable bonds is 4. The first kappa shape index (κ1) is 13.8. The molecule has 0 N–H and O–H groups in total. The quantitative estimate of drug-likeness (QED) is 0.806. The minimum atomic E-state index is -0.115. The number of hydrogen-bond donors (Lipinski definition) is 0. The van der Waals surface area contributed by atoms with Gasteiger partial charge in [0.15, 0.2) is 5.65 Å². The highest BCUT2D eigenvalue weighted by Crippen LogP contribution is 2.39. The second-order valence-corrected chi connectivity index (χ2v) is 6.17. The van der Waals surface area contributed by atoms with Crippen molar-refractivity contribution in [2.45, 2.75) is 51.1 Å². The molecule has 108 valence electrons. The molecule has 0 bridgehead atoms. The van der Waals surface area contributed by atoms with Crippen LogP contribution < -0.4 is 0 Å². The van der Waals surface area contributed by atoms with Gasteiger partial charge in [0, 0.05) is 18.8 Å². The number of imidazole rings is 1. The van der Waals surface area contributed by atoms with Crippen molar-refractivity contribution in [3.8, 4) is 0 Å². The molecule has 0 saturated heterocycles. The molecule has 2 heterocycles. The first-order chi connectivity index (χ1) is 9.60. The normalized spacial score (nSPS) is 23.8. The summed E-state index contributed by atoms with van der Waals surface area (Å²) >= 11 is 6.30. The molecule has 1 unspecified atom stereocenters. The topological polar surface area (TPSA) is 39.9 Å². The first-order valence-corrected chi connectivity index (χ1v) is 7.64. The monoisotopic (exact) mass is 293 g/mol. The van der Waals surface area contributed by atoms with Crippen LogP contribution in [-0.2, 0) is 4.74 Å². The van der Waals surface area contributed by atoms with E-state index in [1.54, 1.807) is 0 Å². The van der Waals surface area contributed by atoms with E-state index in [1.165, 1.54) is 0 Å². The van der Waals surface area contributed by atoms with E-state index < -0.39 is 0 Å². The lowest BCUT2D eigenvalue weighted by Gasteiger charge is -2.36. The fourth-order valence-electron chi connectivity index (χ4n) is 2.86. The highest BCUT2D eigenvalue weighted by atomic mass is 35.5. The van der Waals surface area contributed by atoms with Crippen molar-refractivity contribution in [2.75, 3.05) is 6.61 Å². The second-order valence-electron chi connectivity index (χ2n) is 5.51. The number of nitrogens with zero attached hydrogens (tertiary/aromatic N) is 3. The van der Waals surface area contributed by atoms with Crippen molar-refractivity contribution >= 4 is 22.8 Å². The molecule has 1 fully saturated rings. The smallest absolute Gasteiger partial charge is 0.160 e. The third-order valence-corrected chi connectivity index (χ3v) is 4.08. The molecule has 5 heteroatoms. The van der Waals surface area contributed by atoms with Gasteiger partial charge < -0.3 is 9.30 Å². The molecular formula is C15H20ClN3O. The van der Waals surface area contributed by atoms with E-state index in [-0.39, 0.29) is 5.38 Å². The third kappa shape index (κ3) is 2.31. The number of ether oxygens (including phenoxy) is 1. The van der Waals surface area contributed by atoms with Crippen LogP contribution in [0.25, 0.3) is 11.2 Å². The van der Waals surface area contributed by atoms with Gasteiger partial charge in [-0.25, -0.2) is 9.97 Å². The maximum Gasteiger partial charge on any atom is 0.160 e. The summed E-state index contributed by atoms with van der Waals surface area (Å²) < 4.78 is 7.86. The minimum absolute atomic E-state index is 0.115. The van der Waals surface area contributed by atoms with Crippen molar-refractivity contribution < 1.29 is 4.74 Å². The van der Waals surface area contributed by atoms with Crippen molar-refractivity contribution in [3.05, 3.63) is 23.7 Å². The van der Waals surface area contributed by atoms with E-state index >= 15 is 0 Å². The van der Waals surface area contributed by atoms with Gasteiger partial charge in [-0.3, -0.25) is 0 Å². The first-order valence-electron chi connectivity index (χ1n) is 7.20. The number of alkyl halides is 1. The van der Waals surface area contributed by atoms with Crippen LogP contribution in [0, 0.1) is 6.92 Å². The summed E-state index contributed by atoms with van der Waals surface area (Å²) in [5, 5.41) is -0.115. The van der Waals surface area contributed by atoms with E-state index in [9.17, 15) is 0 Å². The van der Waals surface area contributed by atoms with E-state index in [0.717, 1.165) is 42.0 Å². The molecule has 1 aliphatic carbocycles. The molecule has 20 heavy (non-hydrogen) atoms. The molecule has 0 aliphatic heterocycles. The molecule has 4 nitrogen and oxygen atoms in total. The number of hydrogen-bond acceptors (Lipinski definition) is 3. The van der Waals surface area contributed by atoms with Crippen LogP contribution in [-0.4, -0.2) is 27.2 Å². The van der Waals surface area contributed by atoms with Crippen molar-refractivity contribution in [1.29, 1.82) is 0 Å². The van der Waals surface area contributed by atoms with E-state index in [0.29, 0.717) is 12.1 Å². The minimum Gasteiger partial charge on any atom is -0.378 e. The lowest BCUT2D eigenvalue weighted by atomic mass is 9.88. The summed E-state index contributed by atoms with van der Waals surface area (Å²) in [7, 11) is 0. The van der Waals surface area contributed by atoms with Crippen LogP contribution in [0.15, 0.2) is 12.3 Å². The average Bonchev–Trinajstić information content (AvgIpc) is 2.71. The lowest BCUT2D eigenvalue weighted by molar-refractivity contribution is -0.0194. The summed E-state index contributed by atoms with van der Waals surface area (Å²) in [6.07, 6.45) is 4.30. The molecule has 3 rings (SSSR count). The highest BCUT2D eigenvalue weighted by Gasteiger charge is 2.34. The molecule has 2 aromatic rings. The molecule has 0 aromatic carbocycles. The van der Waals surface area contributed by atoms with Gasteiger partial charge in [0.2, 0.25) is 0 Å². The molecule has 0 radical (unpaired) electrons. The van der Waals surface area contributed by atoms with Crippen LogP contribution in [0.1, 0.15) is 49.5 Å². The van der Waals surface area contributed by atoms with Gasteiger partial charge in [0.1, 0.15) is 11.3 Å². The van der Waals surface area contributed by atoms with Gasteiger partial charge in [0.25, 0.3) is 0 Å². The lowest BCUT2D eigenvalue weighted by Crippen LogP contribution is -2.34. The maximum absolute atomic E-state index is 6.30. The summed E-state index contributed by atoms with van der Waals surface area (Å²) in [5.41, 5.74) is 3.00. The fourth-order valence-corrected chi connectivity index (χ4v) is 3.02. The van der Waals surface area contributed by atoms with Gasteiger partial charge in [-0.15, -0.1) is 11.6 Å². The zero-order valence-electron chi connectivity index (χ0n) is 12.1. The molecular weight excluding hydrogens is 274 g/mol. The Morgan fingerprint density at radius 3 is 2.90 bits per heavy atom. The van der Waals surface area contributed by atoms with Gasteiger partial charge in [-0.2, -0.15) is 0 Å². The zero-order valence-corrected chi connectivity index (χ0v) is 12.9. The maximum atomic E-state index is 6.30. The molecule has 1 saturated carbocycles. The van der Waals surface area contributed by atoms with Crippen molar-refractivity contribution in [3.63, 3.8) is 0 Å². The summed E-state index contributed by atoms with van der Waals surface area (Å²) in [4.78, 5) is 9.23. The van der Waals surface area contributed by atoms with Gasteiger partial charge in [0.05, 0.1) is 11.5 Å². The van der Waals surface area contributed by atoms with E-state index in [1.807, 2.05) is 27.0 Å². The van der Waals surface area contributed by atoms with E-state index in [4.69, 9.17) is 16.3 Å². The fraction of sp³-hybridized carbons (Fsp3) is 0.600. The standard InChI is InChI=1S/C15H20ClN3O/c1-4-20-12-6-11(7-12)19-14(10(3)16)18-13-5-9(2)8-17-15(13)19/h5,8,10-12H,4,6-7H2,1-3H3. The van der Waals surface area contributed by atoms with Crippen LogP contribution in [0.5, 0.6) is 0 Å². The summed E-state index contributed by atoms with van der Waals surface area (Å²) in [5.74, 6) is 0.916. The van der Waals surface area contributed by atoms with Crippen molar-refractivity contribution in [2.24, 2.45) is 0 Å².